The number of carbonyl (C=O) groups is 1. The molecule has 1 aromatic carbocycles. The number of aromatic nitrogens is 1. The van der Waals surface area contributed by atoms with Gasteiger partial charge < -0.3 is 5.32 Å². The minimum atomic E-state index is -0.650. The van der Waals surface area contributed by atoms with E-state index in [1.54, 1.807) is 6.20 Å². The number of halogens is 2. The lowest BCUT2D eigenvalue weighted by Crippen LogP contribution is -2.39. The van der Waals surface area contributed by atoms with Gasteiger partial charge in [-0.1, -0.05) is 15.9 Å². The topological polar surface area (TPSA) is 45.2 Å². The number of anilines is 1. The number of nitrogens with one attached hydrogen (secondary N) is 1. The first-order valence-corrected chi connectivity index (χ1v) is 11.6. The van der Waals surface area contributed by atoms with Crippen molar-refractivity contribution in [3.05, 3.63) is 34.4 Å². The Balaban J connectivity index is 1.37. The number of hydrogen-bond donors (Lipinski definition) is 1. The van der Waals surface area contributed by atoms with Gasteiger partial charge in [-0.25, -0.2) is 4.39 Å². The first-order valence-electron chi connectivity index (χ1n) is 10.9. The number of nitrogens with zero attached hydrogens (tertiary/aromatic N) is 2. The fourth-order valence-electron chi connectivity index (χ4n) is 4.94. The van der Waals surface area contributed by atoms with E-state index < -0.39 is 6.17 Å². The molecule has 2 saturated carbocycles. The summed E-state index contributed by atoms with van der Waals surface area (Å²) in [6.07, 6.45) is 8.05. The zero-order chi connectivity index (χ0) is 20.0. The Kier molecular flexibility index (Phi) is 5.33. The van der Waals surface area contributed by atoms with E-state index in [2.05, 4.69) is 37.2 Å². The van der Waals surface area contributed by atoms with E-state index in [-0.39, 0.29) is 11.7 Å². The van der Waals surface area contributed by atoms with Crippen LogP contribution in [-0.2, 0) is 0 Å². The minimum absolute atomic E-state index is 0.168. The summed E-state index contributed by atoms with van der Waals surface area (Å²) in [5, 5.41) is 4.74. The first-order chi connectivity index (χ1) is 14.1. The first kappa shape index (κ1) is 19.4. The molecule has 3 aliphatic rings. The van der Waals surface area contributed by atoms with Crippen LogP contribution in [0.5, 0.6) is 0 Å². The summed E-state index contributed by atoms with van der Waals surface area (Å²) in [5.74, 6) is 0.392. The van der Waals surface area contributed by atoms with Gasteiger partial charge in [-0.3, -0.25) is 14.7 Å². The third-order valence-corrected chi connectivity index (χ3v) is 7.26. The van der Waals surface area contributed by atoms with Crippen LogP contribution < -0.4 is 5.32 Å². The number of hydrogen-bond acceptors (Lipinski definition) is 4. The Labute approximate surface area is 179 Å². The molecular formula is C23H27BrFN3O. The Hall–Kier alpha value is -1.53. The van der Waals surface area contributed by atoms with E-state index in [0.717, 1.165) is 71.7 Å². The summed E-state index contributed by atoms with van der Waals surface area (Å²) in [6, 6.07) is 6.88. The number of alkyl halides is 1. The highest BCUT2D eigenvalue weighted by molar-refractivity contribution is 9.10. The van der Waals surface area contributed by atoms with Crippen molar-refractivity contribution >= 4 is 38.3 Å². The van der Waals surface area contributed by atoms with Gasteiger partial charge in [0.2, 0.25) is 0 Å². The Morgan fingerprint density at radius 3 is 2.62 bits per heavy atom. The van der Waals surface area contributed by atoms with Gasteiger partial charge in [0.05, 0.1) is 16.8 Å². The van der Waals surface area contributed by atoms with Crippen molar-refractivity contribution in [3.63, 3.8) is 0 Å². The van der Waals surface area contributed by atoms with Crippen molar-refractivity contribution < 1.29 is 9.18 Å². The second-order valence-corrected chi connectivity index (χ2v) is 9.79. The Morgan fingerprint density at radius 2 is 1.93 bits per heavy atom. The molecule has 0 radical (unpaired) electrons. The van der Waals surface area contributed by atoms with Crippen molar-refractivity contribution in [1.82, 2.24) is 9.88 Å². The van der Waals surface area contributed by atoms with Crippen molar-refractivity contribution in [2.45, 2.75) is 63.2 Å². The number of rotatable bonds is 5. The quantitative estimate of drug-likeness (QED) is 0.611. The van der Waals surface area contributed by atoms with E-state index in [0.29, 0.717) is 25.0 Å². The van der Waals surface area contributed by atoms with E-state index in [1.165, 1.54) is 0 Å². The van der Waals surface area contributed by atoms with Gasteiger partial charge in [-0.2, -0.15) is 0 Å². The molecule has 1 N–H and O–H groups in total. The number of benzene rings is 1. The Morgan fingerprint density at radius 1 is 1.14 bits per heavy atom. The van der Waals surface area contributed by atoms with Crippen molar-refractivity contribution in [2.24, 2.45) is 5.92 Å². The molecule has 1 atom stereocenters. The van der Waals surface area contributed by atoms with Crippen molar-refractivity contribution in [2.75, 3.05) is 18.4 Å². The molecule has 0 unspecified atom stereocenters. The smallest absolute Gasteiger partial charge is 0.169 e. The number of likely N-dealkylation sites (tertiary alicyclic amines) is 1. The van der Waals surface area contributed by atoms with Gasteiger partial charge in [-0.05, 0) is 63.1 Å². The van der Waals surface area contributed by atoms with Gasteiger partial charge in [0, 0.05) is 47.1 Å². The van der Waals surface area contributed by atoms with Crippen LogP contribution in [0.2, 0.25) is 0 Å². The van der Waals surface area contributed by atoms with Crippen LogP contribution in [-0.4, -0.2) is 47.0 Å². The summed E-state index contributed by atoms with van der Waals surface area (Å²) >= 11 is 3.57. The maximum absolute atomic E-state index is 13.6. The lowest BCUT2D eigenvalue weighted by Gasteiger charge is -2.35. The van der Waals surface area contributed by atoms with Gasteiger partial charge in [-0.15, -0.1) is 0 Å². The summed E-state index contributed by atoms with van der Waals surface area (Å²) in [7, 11) is 0. The molecule has 6 heteroatoms. The molecule has 1 aromatic heterocycles. The zero-order valence-corrected chi connectivity index (χ0v) is 18.1. The summed E-state index contributed by atoms with van der Waals surface area (Å²) < 4.78 is 14.6. The van der Waals surface area contributed by atoms with E-state index in [9.17, 15) is 9.18 Å². The molecule has 0 amide bonds. The third-order valence-electron chi connectivity index (χ3n) is 6.77. The monoisotopic (exact) mass is 459 g/mol. The van der Waals surface area contributed by atoms with E-state index in [1.807, 2.05) is 12.1 Å². The van der Waals surface area contributed by atoms with Crippen LogP contribution >= 0.6 is 15.9 Å². The van der Waals surface area contributed by atoms with Crippen LogP contribution in [0.4, 0.5) is 10.1 Å². The van der Waals surface area contributed by atoms with Gasteiger partial charge in [0.15, 0.2) is 5.78 Å². The van der Waals surface area contributed by atoms with Gasteiger partial charge in [0.25, 0.3) is 0 Å². The number of fused-ring (bicyclic) bond motifs is 1. The number of ketones is 1. The van der Waals surface area contributed by atoms with Crippen LogP contribution in [0.25, 0.3) is 10.9 Å². The normalized spacial score (nSPS) is 28.0. The van der Waals surface area contributed by atoms with Gasteiger partial charge in [0.1, 0.15) is 6.17 Å². The number of Topliss-reactive ketones (excluding diaryl/α,β-unsaturated/α-hetero) is 1. The summed E-state index contributed by atoms with van der Waals surface area (Å²) in [6.45, 7) is 1.50. The summed E-state index contributed by atoms with van der Waals surface area (Å²) in [5.41, 5.74) is 2.59. The molecule has 2 aromatic rings. The molecule has 3 fully saturated rings. The van der Waals surface area contributed by atoms with Gasteiger partial charge >= 0.3 is 0 Å². The predicted octanol–water partition coefficient (Wildman–Crippen LogP) is 5.36. The van der Waals surface area contributed by atoms with Crippen LogP contribution in [0, 0.1) is 5.92 Å². The SMILES string of the molecule is O=C(c1cnc2ccc(Br)cc2c1NC1CCC(N2CC[C@@H](F)C2)CC1)C1CC1. The molecule has 29 heavy (non-hydrogen) atoms. The molecule has 2 aliphatic carbocycles. The highest BCUT2D eigenvalue weighted by atomic mass is 79.9. The van der Waals surface area contributed by atoms with E-state index >= 15 is 0 Å². The lowest BCUT2D eigenvalue weighted by molar-refractivity contribution is 0.0968. The van der Waals surface area contributed by atoms with E-state index in [4.69, 9.17) is 0 Å². The number of carbonyl (C=O) groups excluding carboxylic acids is 1. The molecule has 154 valence electrons. The van der Waals surface area contributed by atoms with Crippen LogP contribution in [0.15, 0.2) is 28.9 Å². The molecule has 1 saturated heterocycles. The molecule has 0 spiro atoms. The average Bonchev–Trinajstić information content (AvgIpc) is 3.49. The van der Waals surface area contributed by atoms with Crippen molar-refractivity contribution in [1.29, 1.82) is 0 Å². The van der Waals surface area contributed by atoms with Crippen LogP contribution in [0.1, 0.15) is 55.3 Å². The molecular weight excluding hydrogens is 433 g/mol. The fourth-order valence-corrected chi connectivity index (χ4v) is 5.30. The average molecular weight is 460 g/mol. The third kappa shape index (κ3) is 4.06. The van der Waals surface area contributed by atoms with Crippen LogP contribution in [0.3, 0.4) is 0 Å². The predicted molar refractivity (Wildman–Crippen MR) is 117 cm³/mol. The molecule has 0 bridgehead atoms. The largest absolute Gasteiger partial charge is 0.381 e. The standard InChI is InChI=1S/C23H27BrFN3O/c24-15-3-8-21-19(11-15)22(20(12-26-21)23(29)14-1-2-14)27-17-4-6-18(7-5-17)28-10-9-16(25)13-28/h3,8,11-12,14,16-18H,1-2,4-7,9-10,13H2,(H,26,27)/t16-,17?,18?/m1/s1. The molecule has 4 nitrogen and oxygen atoms in total. The van der Waals surface area contributed by atoms with Crippen molar-refractivity contribution in [3.8, 4) is 0 Å². The Bertz CT molecular complexity index is 924. The highest BCUT2D eigenvalue weighted by Crippen LogP contribution is 2.38. The molecule has 5 rings (SSSR count). The second kappa shape index (κ2) is 7.95. The molecule has 2 heterocycles. The minimum Gasteiger partial charge on any atom is -0.381 e. The molecule has 1 aliphatic heterocycles. The maximum atomic E-state index is 13.6. The lowest BCUT2D eigenvalue weighted by atomic mass is 9.89. The fraction of sp³-hybridized carbons (Fsp3) is 0.565. The summed E-state index contributed by atoms with van der Waals surface area (Å²) in [4.78, 5) is 19.8. The number of pyridine rings is 1. The maximum Gasteiger partial charge on any atom is 0.169 e. The zero-order valence-electron chi connectivity index (χ0n) is 16.5. The highest BCUT2D eigenvalue weighted by Gasteiger charge is 2.34. The second-order valence-electron chi connectivity index (χ2n) is 8.88.